The van der Waals surface area contributed by atoms with E-state index in [0.29, 0.717) is 35.0 Å². The van der Waals surface area contributed by atoms with E-state index in [1.807, 2.05) is 62.4 Å². The number of carbonyl (C=O) groups excluding carboxylic acids is 1. The molecule has 5 rings (SSSR count). The number of nitrogens with zero attached hydrogens (tertiary/aromatic N) is 3. The highest BCUT2D eigenvalue weighted by Gasteiger charge is 2.36. The number of rotatable bonds is 7. The lowest BCUT2D eigenvalue weighted by atomic mass is 9.94. The van der Waals surface area contributed by atoms with Crippen molar-refractivity contribution in [3.8, 4) is 17.1 Å². The van der Waals surface area contributed by atoms with Gasteiger partial charge in [-0.1, -0.05) is 36.3 Å². The monoisotopic (exact) mass is 498 g/mol. The van der Waals surface area contributed by atoms with Crippen molar-refractivity contribution >= 4 is 17.3 Å². The van der Waals surface area contributed by atoms with Crippen molar-refractivity contribution in [3.05, 3.63) is 101 Å². The van der Waals surface area contributed by atoms with Crippen molar-refractivity contribution in [3.63, 3.8) is 0 Å². The van der Waals surface area contributed by atoms with Gasteiger partial charge in [0.2, 0.25) is 5.82 Å². The molecule has 7 nitrogen and oxygen atoms in total. The summed E-state index contributed by atoms with van der Waals surface area (Å²) in [7, 11) is 0. The fraction of sp³-hybridized carbons (Fsp3) is 0.207. The van der Waals surface area contributed by atoms with Gasteiger partial charge in [0, 0.05) is 11.3 Å². The SMILES string of the molecule is CCOc1ccc(-c2noc(C3=C(C)N(c4ccc(CC)cc4)C(=O)NC3c3ccc(F)cc3)n2)cc1. The van der Waals surface area contributed by atoms with E-state index >= 15 is 0 Å². The molecule has 8 heteroatoms. The number of anilines is 1. The van der Waals surface area contributed by atoms with Crippen LogP contribution in [0.3, 0.4) is 0 Å². The third kappa shape index (κ3) is 4.82. The predicted molar refractivity (Wildman–Crippen MR) is 139 cm³/mol. The maximum Gasteiger partial charge on any atom is 0.326 e. The molecular weight excluding hydrogens is 471 g/mol. The minimum absolute atomic E-state index is 0.269. The fourth-order valence-corrected chi connectivity index (χ4v) is 4.43. The van der Waals surface area contributed by atoms with Gasteiger partial charge in [0.05, 0.1) is 23.9 Å². The van der Waals surface area contributed by atoms with Crippen LogP contribution in [0.2, 0.25) is 0 Å². The molecule has 0 radical (unpaired) electrons. The van der Waals surface area contributed by atoms with Gasteiger partial charge in [0.15, 0.2) is 0 Å². The van der Waals surface area contributed by atoms with Crippen LogP contribution in [0.25, 0.3) is 17.0 Å². The maximum absolute atomic E-state index is 13.7. The smallest absolute Gasteiger partial charge is 0.326 e. The van der Waals surface area contributed by atoms with Crippen LogP contribution in [0, 0.1) is 5.82 Å². The zero-order valence-electron chi connectivity index (χ0n) is 20.9. The normalized spacial score (nSPS) is 15.6. The lowest BCUT2D eigenvalue weighted by Crippen LogP contribution is -2.46. The lowest BCUT2D eigenvalue weighted by molar-refractivity contribution is 0.244. The first kappa shape index (κ1) is 24.2. The van der Waals surface area contributed by atoms with E-state index in [1.165, 1.54) is 17.7 Å². The molecule has 1 N–H and O–H groups in total. The summed E-state index contributed by atoms with van der Waals surface area (Å²) in [6.45, 7) is 6.43. The number of allylic oxidation sites excluding steroid dienone is 1. The number of hydrogen-bond donors (Lipinski definition) is 1. The molecule has 0 aliphatic carbocycles. The van der Waals surface area contributed by atoms with Gasteiger partial charge < -0.3 is 14.6 Å². The number of amides is 2. The number of benzene rings is 3. The van der Waals surface area contributed by atoms with E-state index in [2.05, 4.69) is 22.4 Å². The summed E-state index contributed by atoms with van der Waals surface area (Å²) in [5.74, 6) is 1.07. The molecule has 0 saturated carbocycles. The quantitative estimate of drug-likeness (QED) is 0.313. The van der Waals surface area contributed by atoms with Gasteiger partial charge in [-0.2, -0.15) is 4.98 Å². The fourth-order valence-electron chi connectivity index (χ4n) is 4.43. The van der Waals surface area contributed by atoms with E-state index in [1.54, 1.807) is 17.0 Å². The van der Waals surface area contributed by atoms with Crippen LogP contribution in [0.15, 0.2) is 83.0 Å². The third-order valence-corrected chi connectivity index (χ3v) is 6.37. The van der Waals surface area contributed by atoms with E-state index < -0.39 is 6.04 Å². The number of ether oxygens (including phenoxy) is 1. The van der Waals surface area contributed by atoms with E-state index in [-0.39, 0.29) is 17.7 Å². The predicted octanol–water partition coefficient (Wildman–Crippen LogP) is 6.54. The molecular formula is C29H27FN4O3. The van der Waals surface area contributed by atoms with E-state index in [4.69, 9.17) is 9.26 Å². The second-order valence-electron chi connectivity index (χ2n) is 8.67. The molecule has 2 heterocycles. The minimum atomic E-state index is -0.604. The van der Waals surface area contributed by atoms with Crippen LogP contribution in [0.5, 0.6) is 5.75 Å². The third-order valence-electron chi connectivity index (χ3n) is 6.37. The van der Waals surface area contributed by atoms with Crippen molar-refractivity contribution in [1.82, 2.24) is 15.5 Å². The zero-order chi connectivity index (χ0) is 25.9. The second kappa shape index (κ2) is 10.3. The largest absolute Gasteiger partial charge is 0.494 e. The summed E-state index contributed by atoms with van der Waals surface area (Å²) in [6, 6.07) is 20.4. The van der Waals surface area contributed by atoms with Crippen LogP contribution in [0.1, 0.15) is 43.8 Å². The molecule has 0 fully saturated rings. The van der Waals surface area contributed by atoms with Crippen LogP contribution in [0.4, 0.5) is 14.9 Å². The Kier molecular flexibility index (Phi) is 6.72. The van der Waals surface area contributed by atoms with Gasteiger partial charge in [0.25, 0.3) is 5.89 Å². The Morgan fingerprint density at radius 2 is 1.70 bits per heavy atom. The molecule has 0 spiro atoms. The van der Waals surface area contributed by atoms with Crippen molar-refractivity contribution in [2.45, 2.75) is 33.2 Å². The number of aromatic nitrogens is 2. The molecule has 1 atom stereocenters. The Morgan fingerprint density at radius 3 is 2.35 bits per heavy atom. The molecule has 1 aliphatic heterocycles. The number of halogens is 1. The molecule has 188 valence electrons. The van der Waals surface area contributed by atoms with Gasteiger partial charge in [-0.05, 0) is 79.9 Å². The van der Waals surface area contributed by atoms with Crippen molar-refractivity contribution < 1.29 is 18.4 Å². The van der Waals surface area contributed by atoms with Crippen molar-refractivity contribution in [1.29, 1.82) is 0 Å². The van der Waals surface area contributed by atoms with Crippen LogP contribution in [-0.2, 0) is 6.42 Å². The first-order valence-electron chi connectivity index (χ1n) is 12.2. The van der Waals surface area contributed by atoms with Gasteiger partial charge in [-0.3, -0.25) is 4.90 Å². The highest BCUT2D eigenvalue weighted by molar-refractivity contribution is 6.01. The van der Waals surface area contributed by atoms with E-state index in [0.717, 1.165) is 17.7 Å². The highest BCUT2D eigenvalue weighted by atomic mass is 19.1. The van der Waals surface area contributed by atoms with E-state index in [9.17, 15) is 9.18 Å². The standard InChI is InChI=1S/C29H27FN4O3/c1-4-19-6-14-23(15-7-19)34-18(3)25(26(31-29(34)35)20-8-12-22(30)13-9-20)28-32-27(33-37-28)21-10-16-24(17-11-21)36-5-2/h6-17,26H,4-5H2,1-3H3,(H,31,35). The number of aryl methyl sites for hydroxylation is 1. The summed E-state index contributed by atoms with van der Waals surface area (Å²) in [4.78, 5) is 19.6. The van der Waals surface area contributed by atoms with Crippen LogP contribution >= 0.6 is 0 Å². The average Bonchev–Trinajstić information content (AvgIpc) is 3.39. The first-order valence-corrected chi connectivity index (χ1v) is 12.2. The first-order chi connectivity index (χ1) is 18.0. The summed E-state index contributed by atoms with van der Waals surface area (Å²) < 4.78 is 24.9. The number of hydrogen-bond acceptors (Lipinski definition) is 5. The molecule has 0 bridgehead atoms. The highest BCUT2D eigenvalue weighted by Crippen LogP contribution is 2.39. The molecule has 1 aliphatic rings. The summed E-state index contributed by atoms with van der Waals surface area (Å²) in [6.07, 6.45) is 0.898. The Morgan fingerprint density at radius 1 is 1.00 bits per heavy atom. The summed E-state index contributed by atoms with van der Waals surface area (Å²) in [5, 5.41) is 7.24. The molecule has 0 saturated heterocycles. The molecule has 3 aromatic carbocycles. The second-order valence-corrected chi connectivity index (χ2v) is 8.67. The molecule has 1 unspecified atom stereocenters. The molecule has 1 aromatic heterocycles. The van der Waals surface area contributed by atoms with Crippen molar-refractivity contribution in [2.24, 2.45) is 0 Å². The molecule has 4 aromatic rings. The Labute approximate surface area is 214 Å². The Hall–Kier alpha value is -4.46. The zero-order valence-corrected chi connectivity index (χ0v) is 20.9. The molecule has 37 heavy (non-hydrogen) atoms. The summed E-state index contributed by atoms with van der Waals surface area (Å²) in [5.41, 5.74) is 4.63. The van der Waals surface area contributed by atoms with Gasteiger partial charge in [-0.15, -0.1) is 0 Å². The lowest BCUT2D eigenvalue weighted by Gasteiger charge is -2.35. The van der Waals surface area contributed by atoms with Gasteiger partial charge >= 0.3 is 6.03 Å². The molecule has 2 amide bonds. The Bertz CT molecular complexity index is 1430. The van der Waals surface area contributed by atoms with Crippen LogP contribution in [-0.4, -0.2) is 22.8 Å². The summed E-state index contributed by atoms with van der Waals surface area (Å²) >= 11 is 0. The van der Waals surface area contributed by atoms with Gasteiger partial charge in [-0.25, -0.2) is 9.18 Å². The number of urea groups is 1. The topological polar surface area (TPSA) is 80.5 Å². The van der Waals surface area contributed by atoms with Crippen molar-refractivity contribution in [2.75, 3.05) is 11.5 Å². The van der Waals surface area contributed by atoms with Gasteiger partial charge in [0.1, 0.15) is 11.6 Å². The minimum Gasteiger partial charge on any atom is -0.494 e. The van der Waals surface area contributed by atoms with Crippen LogP contribution < -0.4 is 15.0 Å². The maximum atomic E-state index is 13.7. The Balaban J connectivity index is 1.59. The number of nitrogens with one attached hydrogen (secondary N) is 1. The number of carbonyl (C=O) groups is 1. The average molecular weight is 499 g/mol.